The highest BCUT2D eigenvalue weighted by Crippen LogP contribution is 2.72. The van der Waals surface area contributed by atoms with Crippen LogP contribution in [0.5, 0.6) is 0 Å². The molecule has 0 radical (unpaired) electrons. The molecule has 0 aromatic carbocycles. The zero-order valence-corrected chi connectivity index (χ0v) is 25.2. The van der Waals surface area contributed by atoms with Crippen LogP contribution in [-0.4, -0.2) is 95.0 Å². The third-order valence-corrected chi connectivity index (χ3v) is 11.0. The molecule has 1 spiro atoms. The molecular weight excluding hydrogens is 568 g/mol. The standard InChI is InChI=1S/C30H38O13/c1-12(27(4,5)43-14(3)31)8-18(33)42-21-23-29-11-40-30(23,26(38)39-7)24(36)20(35)22(29)28(6)10-16(32)19(34)13(2)15(28)9-17(29)41-25(21)37/h8,13,15,17,20-24,35-36H,9-11H2,1-7H3/t13?,15-,17+,20+,21+,22+,23+,24-,28+,29-,30+/m0/s1. The second kappa shape index (κ2) is 9.93. The van der Waals surface area contributed by atoms with Gasteiger partial charge in [0.25, 0.3) is 0 Å². The van der Waals surface area contributed by atoms with Gasteiger partial charge in [0.15, 0.2) is 5.78 Å². The van der Waals surface area contributed by atoms with Crippen LogP contribution in [0.15, 0.2) is 11.6 Å². The number of carbonyl (C=O) groups is 6. The number of fused-ring (bicyclic) bond motifs is 2. The Balaban J connectivity index is 1.64. The van der Waals surface area contributed by atoms with Gasteiger partial charge in [-0.25, -0.2) is 14.4 Å². The van der Waals surface area contributed by atoms with Crippen molar-refractivity contribution in [1.82, 2.24) is 0 Å². The van der Waals surface area contributed by atoms with Crippen molar-refractivity contribution in [2.45, 2.75) is 90.0 Å². The quantitative estimate of drug-likeness (QED) is 0.187. The molecule has 236 valence electrons. The van der Waals surface area contributed by atoms with Crippen LogP contribution in [0.3, 0.4) is 0 Å². The summed E-state index contributed by atoms with van der Waals surface area (Å²) in [5.41, 5.74) is -5.68. The average molecular weight is 607 g/mol. The Labute approximate surface area is 248 Å². The largest absolute Gasteiger partial charge is 0.467 e. The first-order valence-electron chi connectivity index (χ1n) is 14.3. The third kappa shape index (κ3) is 4.07. The molecule has 5 aliphatic rings. The van der Waals surface area contributed by atoms with E-state index in [1.165, 1.54) is 13.8 Å². The summed E-state index contributed by atoms with van der Waals surface area (Å²) in [6.45, 7) is 8.96. The fourth-order valence-corrected chi connectivity index (χ4v) is 9.00. The van der Waals surface area contributed by atoms with E-state index in [1.807, 2.05) is 0 Å². The Bertz CT molecular complexity index is 1330. The van der Waals surface area contributed by atoms with Crippen LogP contribution in [0.25, 0.3) is 0 Å². The number of ether oxygens (including phenoxy) is 5. The van der Waals surface area contributed by atoms with Crippen LogP contribution >= 0.6 is 0 Å². The van der Waals surface area contributed by atoms with Crippen molar-refractivity contribution in [3.05, 3.63) is 11.6 Å². The maximum Gasteiger partial charge on any atom is 0.348 e. The summed E-state index contributed by atoms with van der Waals surface area (Å²) < 4.78 is 28.0. The zero-order valence-electron chi connectivity index (χ0n) is 25.2. The molecule has 2 saturated heterocycles. The van der Waals surface area contributed by atoms with Crippen molar-refractivity contribution in [3.8, 4) is 0 Å². The zero-order chi connectivity index (χ0) is 32.0. The molecular formula is C30H38O13. The molecule has 5 rings (SSSR count). The van der Waals surface area contributed by atoms with Gasteiger partial charge in [-0.05, 0) is 44.1 Å². The highest BCUT2D eigenvalue weighted by Gasteiger charge is 2.85. The van der Waals surface area contributed by atoms with Gasteiger partial charge in [0.1, 0.15) is 17.8 Å². The van der Waals surface area contributed by atoms with Crippen molar-refractivity contribution in [2.75, 3.05) is 13.7 Å². The van der Waals surface area contributed by atoms with E-state index in [2.05, 4.69) is 0 Å². The summed E-state index contributed by atoms with van der Waals surface area (Å²) in [7, 11) is 1.06. The van der Waals surface area contributed by atoms with Crippen molar-refractivity contribution >= 4 is 35.4 Å². The molecule has 2 heterocycles. The topological polar surface area (TPSA) is 189 Å². The maximum atomic E-state index is 13.6. The van der Waals surface area contributed by atoms with Crippen LogP contribution in [0.2, 0.25) is 0 Å². The van der Waals surface area contributed by atoms with Crippen LogP contribution in [-0.2, 0) is 52.5 Å². The van der Waals surface area contributed by atoms with E-state index >= 15 is 0 Å². The van der Waals surface area contributed by atoms with E-state index in [9.17, 15) is 39.0 Å². The normalized spacial score (nSPS) is 43.7. The second-order valence-corrected chi connectivity index (χ2v) is 13.4. The van der Waals surface area contributed by atoms with Crippen molar-refractivity contribution in [1.29, 1.82) is 0 Å². The predicted molar refractivity (Wildman–Crippen MR) is 141 cm³/mol. The fraction of sp³-hybridized carbons (Fsp3) is 0.733. The summed E-state index contributed by atoms with van der Waals surface area (Å²) >= 11 is 0. The van der Waals surface area contributed by atoms with Crippen molar-refractivity contribution in [3.63, 3.8) is 0 Å². The van der Waals surface area contributed by atoms with E-state index < -0.39 is 106 Å². The number of rotatable bonds is 5. The molecule has 5 fully saturated rings. The Morgan fingerprint density at radius 2 is 1.74 bits per heavy atom. The molecule has 3 saturated carbocycles. The first-order valence-corrected chi connectivity index (χ1v) is 14.3. The Morgan fingerprint density at radius 1 is 1.09 bits per heavy atom. The Kier molecular flexibility index (Phi) is 7.22. The molecule has 11 atom stereocenters. The van der Waals surface area contributed by atoms with Gasteiger partial charge in [-0.15, -0.1) is 0 Å². The molecule has 0 amide bonds. The predicted octanol–water partition coefficient (Wildman–Crippen LogP) is 0.212. The minimum absolute atomic E-state index is 0.120. The number of Topliss-reactive ketones (excluding diaryl/α,β-unsaturated/α-hetero) is 2. The van der Waals surface area contributed by atoms with Gasteiger partial charge in [0.2, 0.25) is 17.5 Å². The minimum Gasteiger partial charge on any atom is -0.467 e. The van der Waals surface area contributed by atoms with Crippen LogP contribution < -0.4 is 0 Å². The van der Waals surface area contributed by atoms with Gasteiger partial charge in [-0.3, -0.25) is 14.4 Å². The van der Waals surface area contributed by atoms with E-state index in [0.29, 0.717) is 5.57 Å². The molecule has 13 heteroatoms. The summed E-state index contributed by atoms with van der Waals surface area (Å²) in [6.07, 6.45) is -5.44. The molecule has 2 N–H and O–H groups in total. The average Bonchev–Trinajstić information content (AvgIpc) is 3.21. The maximum absolute atomic E-state index is 13.6. The smallest absolute Gasteiger partial charge is 0.348 e. The molecule has 2 bridgehead atoms. The molecule has 0 aromatic heterocycles. The minimum atomic E-state index is -2.31. The van der Waals surface area contributed by atoms with Gasteiger partial charge >= 0.3 is 23.9 Å². The van der Waals surface area contributed by atoms with Crippen molar-refractivity contribution in [2.24, 2.45) is 34.5 Å². The van der Waals surface area contributed by atoms with Crippen LogP contribution in [0.1, 0.15) is 54.4 Å². The molecule has 13 nitrogen and oxygen atoms in total. The molecule has 2 aliphatic heterocycles. The second-order valence-electron chi connectivity index (χ2n) is 13.4. The van der Waals surface area contributed by atoms with Gasteiger partial charge < -0.3 is 33.9 Å². The Morgan fingerprint density at radius 3 is 2.35 bits per heavy atom. The Hall–Kier alpha value is -3.16. The number of hydrogen-bond acceptors (Lipinski definition) is 13. The molecule has 3 aliphatic carbocycles. The summed E-state index contributed by atoms with van der Waals surface area (Å²) in [5.74, 6) is -8.47. The lowest BCUT2D eigenvalue weighted by atomic mass is 9.37. The fourth-order valence-electron chi connectivity index (χ4n) is 9.00. The highest BCUT2D eigenvalue weighted by molar-refractivity contribution is 6.38. The molecule has 43 heavy (non-hydrogen) atoms. The number of hydrogen-bond donors (Lipinski definition) is 2. The summed E-state index contributed by atoms with van der Waals surface area (Å²) in [6, 6.07) is 0. The van der Waals surface area contributed by atoms with Gasteiger partial charge in [0.05, 0.1) is 25.7 Å². The monoisotopic (exact) mass is 606 g/mol. The number of aliphatic hydroxyl groups excluding tert-OH is 2. The van der Waals surface area contributed by atoms with E-state index in [0.717, 1.165) is 13.2 Å². The molecule has 0 aromatic rings. The first kappa shape index (κ1) is 31.3. The number of methoxy groups -OCH3 is 1. The number of ketones is 2. The third-order valence-electron chi connectivity index (χ3n) is 11.0. The molecule has 1 unspecified atom stereocenters. The van der Waals surface area contributed by atoms with E-state index in [4.69, 9.17) is 23.7 Å². The lowest BCUT2D eigenvalue weighted by Crippen LogP contribution is -2.79. The lowest BCUT2D eigenvalue weighted by Gasteiger charge is -2.67. The van der Waals surface area contributed by atoms with Gasteiger partial charge in [-0.1, -0.05) is 13.8 Å². The van der Waals surface area contributed by atoms with E-state index in [1.54, 1.807) is 27.7 Å². The highest BCUT2D eigenvalue weighted by atomic mass is 16.6. The number of esters is 4. The van der Waals surface area contributed by atoms with Gasteiger partial charge in [0, 0.05) is 36.7 Å². The van der Waals surface area contributed by atoms with Crippen molar-refractivity contribution < 1.29 is 62.7 Å². The van der Waals surface area contributed by atoms with Crippen LogP contribution in [0.4, 0.5) is 0 Å². The SMILES string of the molecule is COC(=O)[C@]12OC[C@@]34[C@H]([C@@H](O)[C@@H]1O)[C@]1(C)CC(=O)C(=O)C(C)[C@@H]1C[C@H]3OC(=O)[C@H](OC(=O)C=C(C)C(C)(C)OC(C)=O)[C@@H]24. The first-order chi connectivity index (χ1) is 19.9. The lowest BCUT2D eigenvalue weighted by molar-refractivity contribution is -0.295. The van der Waals surface area contributed by atoms with E-state index in [-0.39, 0.29) is 19.4 Å². The van der Waals surface area contributed by atoms with Gasteiger partial charge in [-0.2, -0.15) is 0 Å². The summed E-state index contributed by atoms with van der Waals surface area (Å²) in [5, 5.41) is 23.4. The van der Waals surface area contributed by atoms with Crippen LogP contribution in [0, 0.1) is 34.5 Å². The summed E-state index contributed by atoms with van der Waals surface area (Å²) in [4.78, 5) is 77.6. The number of aliphatic hydroxyl groups is 2. The number of carbonyl (C=O) groups excluding carboxylic acids is 6.